The Morgan fingerprint density at radius 1 is 1.25 bits per heavy atom. The molecule has 0 bridgehead atoms. The van der Waals surface area contributed by atoms with Gasteiger partial charge in [0.15, 0.2) is 5.78 Å². The molecule has 0 fully saturated rings. The van der Waals surface area contributed by atoms with Gasteiger partial charge < -0.3 is 5.73 Å². The average Bonchev–Trinajstić information content (AvgIpc) is 2.24. The second-order valence-corrected chi connectivity index (χ2v) is 3.97. The standard InChI is InChI=1S/C12H16ClNO.ClH/c13-11-6-4-5-10(9-11)12(15)7-2-1-3-8-14;/h4-6,9H,1-3,7-8,14H2;1H. The number of Topliss-reactive ketones (excluding diaryl/α,β-unsaturated/α-hetero) is 1. The van der Waals surface area contributed by atoms with Crippen LogP contribution in [-0.2, 0) is 0 Å². The molecule has 1 rings (SSSR count). The largest absolute Gasteiger partial charge is 0.330 e. The molecule has 0 aliphatic carbocycles. The summed E-state index contributed by atoms with van der Waals surface area (Å²) in [6, 6.07) is 7.09. The van der Waals surface area contributed by atoms with Gasteiger partial charge in [0.05, 0.1) is 0 Å². The SMILES string of the molecule is Cl.NCCCCCC(=O)c1cccc(Cl)c1. The molecule has 1 aromatic rings. The van der Waals surface area contributed by atoms with Crippen LogP contribution in [0.1, 0.15) is 36.0 Å². The molecule has 2 nitrogen and oxygen atoms in total. The molecule has 4 heteroatoms. The van der Waals surface area contributed by atoms with Crippen molar-refractivity contribution in [1.29, 1.82) is 0 Å². The van der Waals surface area contributed by atoms with Crippen LogP contribution in [0.2, 0.25) is 5.02 Å². The van der Waals surface area contributed by atoms with Crippen molar-refractivity contribution in [2.45, 2.75) is 25.7 Å². The minimum absolute atomic E-state index is 0. The zero-order valence-corrected chi connectivity index (χ0v) is 10.7. The van der Waals surface area contributed by atoms with Gasteiger partial charge in [0.1, 0.15) is 0 Å². The summed E-state index contributed by atoms with van der Waals surface area (Å²) in [6.07, 6.45) is 3.49. The van der Waals surface area contributed by atoms with Crippen molar-refractivity contribution in [3.8, 4) is 0 Å². The predicted molar refractivity (Wildman–Crippen MR) is 70.6 cm³/mol. The quantitative estimate of drug-likeness (QED) is 0.630. The lowest BCUT2D eigenvalue weighted by molar-refractivity contribution is 0.0979. The zero-order valence-electron chi connectivity index (χ0n) is 9.12. The highest BCUT2D eigenvalue weighted by atomic mass is 35.5. The molecule has 0 aliphatic heterocycles. The highest BCUT2D eigenvalue weighted by Crippen LogP contribution is 2.13. The number of hydrogen-bond donors (Lipinski definition) is 1. The molecule has 0 unspecified atom stereocenters. The third kappa shape index (κ3) is 5.50. The van der Waals surface area contributed by atoms with Crippen LogP contribution < -0.4 is 5.73 Å². The minimum Gasteiger partial charge on any atom is -0.330 e. The first kappa shape index (κ1) is 15.4. The van der Waals surface area contributed by atoms with Gasteiger partial charge in [-0.1, -0.05) is 30.2 Å². The minimum atomic E-state index is 0. The smallest absolute Gasteiger partial charge is 0.162 e. The molecule has 0 saturated carbocycles. The highest BCUT2D eigenvalue weighted by Gasteiger charge is 2.05. The van der Waals surface area contributed by atoms with Gasteiger partial charge >= 0.3 is 0 Å². The Bertz CT molecular complexity index is 329. The molecule has 0 atom stereocenters. The Morgan fingerprint density at radius 2 is 2.00 bits per heavy atom. The molecule has 0 aliphatic rings. The summed E-state index contributed by atoms with van der Waals surface area (Å²) in [6.45, 7) is 0.700. The number of unbranched alkanes of at least 4 members (excludes halogenated alkanes) is 2. The fourth-order valence-corrected chi connectivity index (χ4v) is 1.60. The van der Waals surface area contributed by atoms with Crippen LogP contribution in [0.3, 0.4) is 0 Å². The molecule has 16 heavy (non-hydrogen) atoms. The second-order valence-electron chi connectivity index (χ2n) is 3.53. The van der Waals surface area contributed by atoms with Crippen molar-refractivity contribution in [3.63, 3.8) is 0 Å². The van der Waals surface area contributed by atoms with Gasteiger partial charge in [-0.15, -0.1) is 12.4 Å². The first-order chi connectivity index (χ1) is 7.24. The summed E-state index contributed by atoms with van der Waals surface area (Å²) in [5.41, 5.74) is 6.08. The fraction of sp³-hybridized carbons (Fsp3) is 0.417. The van der Waals surface area contributed by atoms with Crippen LogP contribution >= 0.6 is 24.0 Å². The van der Waals surface area contributed by atoms with Crippen molar-refractivity contribution in [2.75, 3.05) is 6.54 Å². The number of nitrogens with two attached hydrogens (primary N) is 1. The Hall–Kier alpha value is -0.570. The van der Waals surface area contributed by atoms with E-state index in [0.29, 0.717) is 23.6 Å². The van der Waals surface area contributed by atoms with Gasteiger partial charge in [-0.05, 0) is 31.5 Å². The van der Waals surface area contributed by atoms with Gasteiger partial charge in [0, 0.05) is 17.0 Å². The number of carbonyl (C=O) groups is 1. The number of ketones is 1. The zero-order chi connectivity index (χ0) is 11.1. The number of rotatable bonds is 6. The second kappa shape index (κ2) is 8.57. The molecule has 2 N–H and O–H groups in total. The first-order valence-electron chi connectivity index (χ1n) is 5.23. The number of halogens is 2. The number of benzene rings is 1. The normalized spacial score (nSPS) is 9.62. The molecule has 0 saturated heterocycles. The van der Waals surface area contributed by atoms with E-state index in [1.807, 2.05) is 0 Å². The average molecular weight is 262 g/mol. The van der Waals surface area contributed by atoms with Gasteiger partial charge in [0.25, 0.3) is 0 Å². The van der Waals surface area contributed by atoms with E-state index in [1.54, 1.807) is 24.3 Å². The third-order valence-electron chi connectivity index (χ3n) is 2.25. The van der Waals surface area contributed by atoms with Crippen LogP contribution in [0.5, 0.6) is 0 Å². The van der Waals surface area contributed by atoms with Crippen LogP contribution in [0.15, 0.2) is 24.3 Å². The topological polar surface area (TPSA) is 43.1 Å². The van der Waals surface area contributed by atoms with E-state index in [4.69, 9.17) is 17.3 Å². The van der Waals surface area contributed by atoms with Crippen LogP contribution in [-0.4, -0.2) is 12.3 Å². The fourth-order valence-electron chi connectivity index (χ4n) is 1.41. The summed E-state index contributed by atoms with van der Waals surface area (Å²) in [4.78, 5) is 11.7. The summed E-state index contributed by atoms with van der Waals surface area (Å²) in [5.74, 6) is 0.162. The van der Waals surface area contributed by atoms with Crippen LogP contribution in [0.25, 0.3) is 0 Å². The summed E-state index contributed by atoms with van der Waals surface area (Å²) in [7, 11) is 0. The molecule has 0 aromatic heterocycles. The summed E-state index contributed by atoms with van der Waals surface area (Å²) >= 11 is 5.80. The van der Waals surface area contributed by atoms with Gasteiger partial charge in [-0.2, -0.15) is 0 Å². The summed E-state index contributed by atoms with van der Waals surface area (Å²) in [5, 5.41) is 0.614. The lowest BCUT2D eigenvalue weighted by Gasteiger charge is -2.01. The monoisotopic (exact) mass is 261 g/mol. The number of hydrogen-bond acceptors (Lipinski definition) is 2. The Morgan fingerprint density at radius 3 is 2.62 bits per heavy atom. The van der Waals surface area contributed by atoms with E-state index < -0.39 is 0 Å². The Labute approximate surface area is 108 Å². The van der Waals surface area contributed by atoms with Gasteiger partial charge in [-0.25, -0.2) is 0 Å². The molecule has 1 aromatic carbocycles. The maximum absolute atomic E-state index is 11.7. The van der Waals surface area contributed by atoms with Crippen molar-refractivity contribution in [3.05, 3.63) is 34.9 Å². The van der Waals surface area contributed by atoms with Crippen LogP contribution in [0.4, 0.5) is 0 Å². The highest BCUT2D eigenvalue weighted by molar-refractivity contribution is 6.31. The maximum Gasteiger partial charge on any atom is 0.162 e. The molecular weight excluding hydrogens is 245 g/mol. The van der Waals surface area contributed by atoms with Gasteiger partial charge in [0.2, 0.25) is 0 Å². The van der Waals surface area contributed by atoms with E-state index >= 15 is 0 Å². The van der Waals surface area contributed by atoms with Crippen molar-refractivity contribution >= 4 is 29.8 Å². The molecule has 0 radical (unpaired) electrons. The molecular formula is C12H17Cl2NO. The first-order valence-corrected chi connectivity index (χ1v) is 5.60. The predicted octanol–water partition coefficient (Wildman–Crippen LogP) is 3.46. The van der Waals surface area contributed by atoms with E-state index in [0.717, 1.165) is 19.3 Å². The van der Waals surface area contributed by atoms with Crippen LogP contribution in [0, 0.1) is 0 Å². The Balaban J connectivity index is 0.00000225. The van der Waals surface area contributed by atoms with Crippen molar-refractivity contribution < 1.29 is 4.79 Å². The maximum atomic E-state index is 11.7. The third-order valence-corrected chi connectivity index (χ3v) is 2.49. The lowest BCUT2D eigenvalue weighted by Crippen LogP contribution is -2.01. The van der Waals surface area contributed by atoms with E-state index in [2.05, 4.69) is 0 Å². The molecule has 90 valence electrons. The Kier molecular flexibility index (Phi) is 8.26. The lowest BCUT2D eigenvalue weighted by atomic mass is 10.0. The molecule has 0 amide bonds. The van der Waals surface area contributed by atoms with E-state index in [1.165, 1.54) is 0 Å². The van der Waals surface area contributed by atoms with Crippen molar-refractivity contribution in [1.82, 2.24) is 0 Å². The van der Waals surface area contributed by atoms with E-state index in [-0.39, 0.29) is 18.2 Å². The number of carbonyl (C=O) groups excluding carboxylic acids is 1. The molecule has 0 spiro atoms. The van der Waals surface area contributed by atoms with Crippen molar-refractivity contribution in [2.24, 2.45) is 5.73 Å². The summed E-state index contributed by atoms with van der Waals surface area (Å²) < 4.78 is 0. The van der Waals surface area contributed by atoms with Gasteiger partial charge in [-0.3, -0.25) is 4.79 Å². The van der Waals surface area contributed by atoms with E-state index in [9.17, 15) is 4.79 Å². The molecule has 0 heterocycles.